The number of esters is 2. The van der Waals surface area contributed by atoms with Crippen LogP contribution in [0.5, 0.6) is 0 Å². The average molecular weight is 575 g/mol. The second-order valence-corrected chi connectivity index (χ2v) is 9.59. The lowest BCUT2D eigenvalue weighted by Gasteiger charge is -2.23. The van der Waals surface area contributed by atoms with Gasteiger partial charge in [0.1, 0.15) is 25.3 Å². The number of benzene rings is 3. The van der Waals surface area contributed by atoms with Gasteiger partial charge in [0.25, 0.3) is 0 Å². The van der Waals surface area contributed by atoms with E-state index in [0.29, 0.717) is 31.4 Å². The molecule has 0 aliphatic heterocycles. The Bertz CT molecular complexity index is 1250. The lowest BCUT2D eigenvalue weighted by molar-refractivity contribution is -0.150. The molecule has 0 heterocycles. The molecule has 0 saturated heterocycles. The third kappa shape index (κ3) is 11.5. The third-order valence-electron chi connectivity index (χ3n) is 6.37. The van der Waals surface area contributed by atoms with E-state index >= 15 is 0 Å². The SMILES string of the molecule is CCOC(=O)C(CC(=O)c1ccccc1)N[C@@H](CCCCNC(=O)OCc1ccccc1)C(=O)OCc1ccccc1. The van der Waals surface area contributed by atoms with Gasteiger partial charge in [-0.2, -0.15) is 0 Å². The minimum atomic E-state index is -1.04. The van der Waals surface area contributed by atoms with Crippen LogP contribution in [0.2, 0.25) is 0 Å². The molecule has 222 valence electrons. The molecule has 3 aromatic rings. The number of carbonyl (C=O) groups excluding carboxylic acids is 4. The topological polar surface area (TPSA) is 120 Å². The lowest BCUT2D eigenvalue weighted by atomic mass is 10.0. The fourth-order valence-electron chi connectivity index (χ4n) is 4.16. The van der Waals surface area contributed by atoms with Gasteiger partial charge in [-0.3, -0.25) is 19.7 Å². The van der Waals surface area contributed by atoms with Gasteiger partial charge in [-0.25, -0.2) is 4.79 Å². The van der Waals surface area contributed by atoms with Crippen molar-refractivity contribution in [3.8, 4) is 0 Å². The molecule has 9 heteroatoms. The van der Waals surface area contributed by atoms with E-state index in [1.54, 1.807) is 37.3 Å². The maximum atomic E-state index is 13.2. The summed E-state index contributed by atoms with van der Waals surface area (Å²) >= 11 is 0. The Morgan fingerprint density at radius 2 is 1.21 bits per heavy atom. The van der Waals surface area contributed by atoms with E-state index < -0.39 is 30.1 Å². The maximum absolute atomic E-state index is 13.2. The van der Waals surface area contributed by atoms with Gasteiger partial charge in [-0.05, 0) is 37.3 Å². The molecule has 2 N–H and O–H groups in total. The Morgan fingerprint density at radius 1 is 0.667 bits per heavy atom. The summed E-state index contributed by atoms with van der Waals surface area (Å²) in [5.41, 5.74) is 2.17. The van der Waals surface area contributed by atoms with Gasteiger partial charge >= 0.3 is 18.0 Å². The smallest absolute Gasteiger partial charge is 0.407 e. The largest absolute Gasteiger partial charge is 0.465 e. The van der Waals surface area contributed by atoms with Crippen LogP contribution in [0.4, 0.5) is 4.79 Å². The summed E-state index contributed by atoms with van der Waals surface area (Å²) < 4.78 is 16.0. The Kier molecular flexibility index (Phi) is 13.8. The minimum absolute atomic E-state index is 0.0691. The van der Waals surface area contributed by atoms with Crippen LogP contribution in [0.15, 0.2) is 91.0 Å². The van der Waals surface area contributed by atoms with Crippen LogP contribution in [-0.4, -0.2) is 49.1 Å². The van der Waals surface area contributed by atoms with E-state index in [0.717, 1.165) is 11.1 Å². The summed E-state index contributed by atoms with van der Waals surface area (Å²) in [4.78, 5) is 50.9. The highest BCUT2D eigenvalue weighted by Crippen LogP contribution is 2.12. The van der Waals surface area contributed by atoms with Crippen molar-refractivity contribution in [2.75, 3.05) is 13.2 Å². The molecule has 0 saturated carbocycles. The molecular weight excluding hydrogens is 536 g/mol. The number of carbonyl (C=O) groups is 4. The molecule has 0 fully saturated rings. The lowest BCUT2D eigenvalue weighted by Crippen LogP contribution is -2.49. The molecule has 0 bridgehead atoms. The highest BCUT2D eigenvalue weighted by molar-refractivity contribution is 5.99. The number of unbranched alkanes of at least 4 members (excludes halogenated alkanes) is 1. The molecule has 9 nitrogen and oxygen atoms in total. The van der Waals surface area contributed by atoms with Crippen LogP contribution in [0.1, 0.15) is 54.1 Å². The summed E-state index contributed by atoms with van der Waals surface area (Å²) in [6.07, 6.45) is 0.679. The van der Waals surface area contributed by atoms with Crippen LogP contribution in [0.25, 0.3) is 0 Å². The molecule has 2 atom stereocenters. The van der Waals surface area contributed by atoms with E-state index in [-0.39, 0.29) is 32.0 Å². The Labute approximate surface area is 246 Å². The number of alkyl carbamates (subject to hydrolysis) is 1. The predicted octanol–water partition coefficient (Wildman–Crippen LogP) is 4.99. The molecule has 42 heavy (non-hydrogen) atoms. The van der Waals surface area contributed by atoms with Crippen LogP contribution in [0, 0.1) is 0 Å². The van der Waals surface area contributed by atoms with E-state index in [9.17, 15) is 19.2 Å². The van der Waals surface area contributed by atoms with E-state index in [1.807, 2.05) is 60.7 Å². The Morgan fingerprint density at radius 3 is 1.81 bits per heavy atom. The molecule has 3 rings (SSSR count). The average Bonchev–Trinajstić information content (AvgIpc) is 3.02. The summed E-state index contributed by atoms with van der Waals surface area (Å²) in [5.74, 6) is -1.42. The van der Waals surface area contributed by atoms with Crippen molar-refractivity contribution in [3.63, 3.8) is 0 Å². The zero-order valence-electron chi connectivity index (χ0n) is 23.8. The van der Waals surface area contributed by atoms with Crippen molar-refractivity contribution >= 4 is 23.8 Å². The van der Waals surface area contributed by atoms with Gasteiger partial charge < -0.3 is 19.5 Å². The summed E-state index contributed by atoms with van der Waals surface area (Å²) in [7, 11) is 0. The number of amides is 1. The molecule has 1 amide bonds. The number of hydrogen-bond acceptors (Lipinski definition) is 8. The number of nitrogens with one attached hydrogen (secondary N) is 2. The highest BCUT2D eigenvalue weighted by atomic mass is 16.5. The second-order valence-electron chi connectivity index (χ2n) is 9.59. The fourth-order valence-corrected chi connectivity index (χ4v) is 4.16. The number of rotatable bonds is 17. The normalized spacial score (nSPS) is 12.0. The zero-order chi connectivity index (χ0) is 30.0. The first-order valence-corrected chi connectivity index (χ1v) is 14.1. The van der Waals surface area contributed by atoms with Crippen molar-refractivity contribution in [2.24, 2.45) is 0 Å². The first-order chi connectivity index (χ1) is 20.5. The van der Waals surface area contributed by atoms with Crippen LogP contribution in [0.3, 0.4) is 0 Å². The summed E-state index contributed by atoms with van der Waals surface area (Å²) in [5, 5.41) is 5.74. The van der Waals surface area contributed by atoms with Crippen molar-refractivity contribution in [1.82, 2.24) is 10.6 Å². The van der Waals surface area contributed by atoms with Gasteiger partial charge in [0.2, 0.25) is 0 Å². The zero-order valence-corrected chi connectivity index (χ0v) is 23.8. The first kappa shape index (κ1) is 32.0. The monoisotopic (exact) mass is 574 g/mol. The third-order valence-corrected chi connectivity index (χ3v) is 6.37. The van der Waals surface area contributed by atoms with Crippen molar-refractivity contribution in [2.45, 2.75) is 57.9 Å². The van der Waals surface area contributed by atoms with Gasteiger partial charge in [0, 0.05) is 18.5 Å². The second kappa shape index (κ2) is 18.0. The number of Topliss-reactive ketones (excluding diaryl/α,β-unsaturated/α-hetero) is 1. The molecular formula is C33H38N2O7. The fraction of sp³-hybridized carbons (Fsp3) is 0.333. The maximum Gasteiger partial charge on any atom is 0.407 e. The molecule has 3 aromatic carbocycles. The molecule has 0 aromatic heterocycles. The standard InChI is InChI=1S/C33H38N2O7/c1-2-40-32(38)29(22-30(36)27-18-10-5-11-19-27)35-28(31(37)41-23-25-14-6-3-7-15-25)20-12-13-21-34-33(39)42-24-26-16-8-4-9-17-26/h3-11,14-19,28-29,35H,2,12-13,20-24H2,1H3,(H,34,39)/t28-,29?/m0/s1. The van der Waals surface area contributed by atoms with Crippen LogP contribution < -0.4 is 10.6 Å². The molecule has 1 unspecified atom stereocenters. The number of ketones is 1. The number of ether oxygens (including phenoxy) is 3. The Balaban J connectivity index is 1.58. The quantitative estimate of drug-likeness (QED) is 0.100. The molecule has 0 aliphatic rings. The summed E-state index contributed by atoms with van der Waals surface area (Å²) in [6, 6.07) is 25.3. The molecule has 0 radical (unpaired) electrons. The van der Waals surface area contributed by atoms with Gasteiger partial charge in [-0.15, -0.1) is 0 Å². The molecule has 0 spiro atoms. The van der Waals surface area contributed by atoms with Crippen LogP contribution in [-0.2, 0) is 37.0 Å². The van der Waals surface area contributed by atoms with Crippen LogP contribution >= 0.6 is 0 Å². The summed E-state index contributed by atoms with van der Waals surface area (Å²) in [6.45, 7) is 2.39. The van der Waals surface area contributed by atoms with Crippen molar-refractivity contribution < 1.29 is 33.4 Å². The van der Waals surface area contributed by atoms with E-state index in [2.05, 4.69) is 10.6 Å². The van der Waals surface area contributed by atoms with Crippen molar-refractivity contribution in [3.05, 3.63) is 108 Å². The predicted molar refractivity (Wildman–Crippen MR) is 157 cm³/mol. The molecule has 0 aliphatic carbocycles. The van der Waals surface area contributed by atoms with Crippen molar-refractivity contribution in [1.29, 1.82) is 0 Å². The Hall–Kier alpha value is -4.50. The highest BCUT2D eigenvalue weighted by Gasteiger charge is 2.30. The first-order valence-electron chi connectivity index (χ1n) is 14.1. The number of hydrogen-bond donors (Lipinski definition) is 2. The van der Waals surface area contributed by atoms with E-state index in [1.165, 1.54) is 0 Å². The van der Waals surface area contributed by atoms with Gasteiger partial charge in [-0.1, -0.05) is 91.0 Å². The van der Waals surface area contributed by atoms with E-state index in [4.69, 9.17) is 14.2 Å². The van der Waals surface area contributed by atoms with Gasteiger partial charge in [0.05, 0.1) is 6.61 Å². The van der Waals surface area contributed by atoms with Gasteiger partial charge in [0.15, 0.2) is 5.78 Å². The minimum Gasteiger partial charge on any atom is -0.465 e.